The molecule has 0 bridgehead atoms. The molecule has 9 heteroatoms. The molecule has 0 radical (unpaired) electrons. The molecule has 2 unspecified atom stereocenters. The van der Waals surface area contributed by atoms with Crippen LogP contribution in [0, 0.1) is 22.7 Å². The lowest BCUT2D eigenvalue weighted by atomic mass is 9.90. The van der Waals surface area contributed by atoms with Crippen molar-refractivity contribution in [3.8, 4) is 12.1 Å². The van der Waals surface area contributed by atoms with Crippen LogP contribution in [0.2, 0.25) is 0 Å². The average Bonchev–Trinajstić information content (AvgIpc) is 3.26. The summed E-state index contributed by atoms with van der Waals surface area (Å²) in [5.74, 6) is 0.629. The fourth-order valence-electron chi connectivity index (χ4n) is 4.54. The summed E-state index contributed by atoms with van der Waals surface area (Å²) < 4.78 is 1.59. The van der Waals surface area contributed by atoms with Crippen LogP contribution in [0.1, 0.15) is 69.9 Å². The highest BCUT2D eigenvalue weighted by Gasteiger charge is 2.32. The highest BCUT2D eigenvalue weighted by atomic mass is 16.1. The molecule has 1 N–H and O–H groups in total. The van der Waals surface area contributed by atoms with Crippen molar-refractivity contribution in [2.45, 2.75) is 65.0 Å². The molecule has 184 valence electrons. The van der Waals surface area contributed by atoms with E-state index in [-0.39, 0.29) is 18.5 Å². The van der Waals surface area contributed by atoms with Gasteiger partial charge in [-0.2, -0.15) is 10.5 Å². The maximum absolute atomic E-state index is 11.2. The molecule has 2 aromatic rings. The molecule has 35 heavy (non-hydrogen) atoms. The van der Waals surface area contributed by atoms with E-state index in [1.165, 1.54) is 0 Å². The van der Waals surface area contributed by atoms with Crippen molar-refractivity contribution in [1.29, 1.82) is 10.5 Å². The Morgan fingerprint density at radius 3 is 2.69 bits per heavy atom. The van der Waals surface area contributed by atoms with Crippen LogP contribution < -0.4 is 5.43 Å². The summed E-state index contributed by atoms with van der Waals surface area (Å²) in [4.78, 5) is 25.2. The Balaban J connectivity index is 1.80. The Hall–Kier alpha value is -3.69. The second-order valence-corrected chi connectivity index (χ2v) is 9.32. The smallest absolute Gasteiger partial charge is 0.226 e. The third-order valence-electron chi connectivity index (χ3n) is 6.74. The summed E-state index contributed by atoms with van der Waals surface area (Å²) in [6, 6.07) is 8.90. The number of nitriles is 2. The summed E-state index contributed by atoms with van der Waals surface area (Å²) in [6.45, 7) is 12.6. The third kappa shape index (κ3) is 5.52. The Labute approximate surface area is 207 Å². The first-order chi connectivity index (χ1) is 16.8. The molecule has 1 fully saturated rings. The van der Waals surface area contributed by atoms with Crippen LogP contribution in [0.3, 0.4) is 0 Å². The van der Waals surface area contributed by atoms with Gasteiger partial charge in [-0.15, -0.1) is 0 Å². The van der Waals surface area contributed by atoms with Crippen molar-refractivity contribution >= 4 is 12.1 Å². The average molecular weight is 475 g/mol. The van der Waals surface area contributed by atoms with Gasteiger partial charge in [0, 0.05) is 37.9 Å². The summed E-state index contributed by atoms with van der Waals surface area (Å²) in [7, 11) is 0. The van der Waals surface area contributed by atoms with Gasteiger partial charge in [0.15, 0.2) is 5.82 Å². The fourth-order valence-corrected chi connectivity index (χ4v) is 4.54. The van der Waals surface area contributed by atoms with Crippen LogP contribution in [0.4, 0.5) is 0 Å². The van der Waals surface area contributed by atoms with Gasteiger partial charge in [-0.05, 0) is 45.7 Å². The van der Waals surface area contributed by atoms with E-state index in [2.05, 4.69) is 57.2 Å². The molecule has 0 aromatic carbocycles. The Morgan fingerprint density at radius 2 is 2.11 bits per heavy atom. The molecule has 2 atom stereocenters. The van der Waals surface area contributed by atoms with Crippen LogP contribution in [0.5, 0.6) is 0 Å². The number of hydrogen-bond acceptors (Lipinski definition) is 7. The molecule has 1 amide bonds. The molecule has 9 nitrogen and oxygen atoms in total. The number of carbonyl (C=O) groups excluding carboxylic acids is 1. The first kappa shape index (κ1) is 25.9. The van der Waals surface area contributed by atoms with Gasteiger partial charge in [0.05, 0.1) is 47.3 Å². The number of pyridine rings is 1. The number of hydrogen-bond donors (Lipinski definition) is 1. The molecule has 3 heterocycles. The predicted octanol–water partition coefficient (Wildman–Crippen LogP) is 3.36. The second kappa shape index (κ2) is 11.2. The van der Waals surface area contributed by atoms with Gasteiger partial charge in [0.2, 0.25) is 6.41 Å². The zero-order valence-corrected chi connectivity index (χ0v) is 21.2. The minimum Gasteiger partial charge on any atom is -0.363 e. The zero-order chi connectivity index (χ0) is 25.6. The number of allylic oxidation sites excluding steroid dienone is 1. The molecule has 0 aliphatic carbocycles. The van der Waals surface area contributed by atoms with Crippen molar-refractivity contribution in [2.24, 2.45) is 0 Å². The van der Waals surface area contributed by atoms with Crippen LogP contribution >= 0.6 is 0 Å². The summed E-state index contributed by atoms with van der Waals surface area (Å²) in [6.07, 6.45) is 7.34. The number of imidazole rings is 1. The number of rotatable bonds is 9. The molecule has 1 aliphatic rings. The summed E-state index contributed by atoms with van der Waals surface area (Å²) >= 11 is 0. The van der Waals surface area contributed by atoms with E-state index in [1.807, 2.05) is 39.1 Å². The Bertz CT molecular complexity index is 1140. The normalized spacial score (nSPS) is 18.0. The number of nitrogens with one attached hydrogen (secondary N) is 1. The van der Waals surface area contributed by atoms with Crippen LogP contribution in [0.25, 0.3) is 5.70 Å². The lowest BCUT2D eigenvalue weighted by molar-refractivity contribution is -0.106. The van der Waals surface area contributed by atoms with Crippen molar-refractivity contribution in [3.05, 3.63) is 53.4 Å². The van der Waals surface area contributed by atoms with Crippen molar-refractivity contribution in [2.75, 3.05) is 25.1 Å². The number of aromatic nitrogens is 3. The number of carbonyl (C=O) groups is 1. The van der Waals surface area contributed by atoms with Crippen LogP contribution in [-0.4, -0.2) is 56.5 Å². The van der Waals surface area contributed by atoms with E-state index in [0.717, 1.165) is 43.0 Å². The van der Waals surface area contributed by atoms with E-state index >= 15 is 0 Å². The van der Waals surface area contributed by atoms with Gasteiger partial charge in [0.25, 0.3) is 0 Å². The SMILES string of the molecule is C/C=C(\c1nc(CC#N)cn1NC=O)N1CCN(C(C)c2ccc(C(C)(C)C#N)nc2)CC1CC. The lowest BCUT2D eigenvalue weighted by Gasteiger charge is -2.45. The second-order valence-electron chi connectivity index (χ2n) is 9.32. The van der Waals surface area contributed by atoms with Crippen molar-refractivity contribution in [3.63, 3.8) is 0 Å². The maximum Gasteiger partial charge on any atom is 0.226 e. The van der Waals surface area contributed by atoms with Gasteiger partial charge < -0.3 is 4.90 Å². The molecule has 0 spiro atoms. The van der Waals surface area contributed by atoms with Gasteiger partial charge >= 0.3 is 0 Å². The number of amides is 1. The molecule has 1 aliphatic heterocycles. The van der Waals surface area contributed by atoms with Crippen LogP contribution in [-0.2, 0) is 16.6 Å². The van der Waals surface area contributed by atoms with Crippen molar-refractivity contribution < 1.29 is 4.79 Å². The van der Waals surface area contributed by atoms with Gasteiger partial charge in [0.1, 0.15) is 0 Å². The number of nitrogens with zero attached hydrogens (tertiary/aromatic N) is 7. The monoisotopic (exact) mass is 474 g/mol. The summed E-state index contributed by atoms with van der Waals surface area (Å²) in [5.41, 5.74) is 5.52. The first-order valence-corrected chi connectivity index (χ1v) is 12.0. The zero-order valence-electron chi connectivity index (χ0n) is 21.2. The third-order valence-corrected chi connectivity index (χ3v) is 6.74. The molecular formula is C26H34N8O. The molecule has 3 rings (SSSR count). The lowest BCUT2D eigenvalue weighted by Crippen LogP contribution is -2.52. The topological polar surface area (TPSA) is 114 Å². The quantitative estimate of drug-likeness (QED) is 0.554. The number of piperazine rings is 1. The van der Waals surface area contributed by atoms with Gasteiger partial charge in [-0.3, -0.25) is 20.1 Å². The highest BCUT2D eigenvalue weighted by molar-refractivity contribution is 5.63. The Kier molecular flexibility index (Phi) is 8.26. The minimum atomic E-state index is -0.610. The molecule has 0 saturated carbocycles. The van der Waals surface area contributed by atoms with Crippen LogP contribution in [0.15, 0.2) is 30.6 Å². The fraction of sp³-hybridized carbons (Fsp3) is 0.500. The van der Waals surface area contributed by atoms with Gasteiger partial charge in [-0.1, -0.05) is 19.1 Å². The molecule has 1 saturated heterocycles. The standard InChI is InChI=1S/C26H34N8O/c1-6-22-16-32(19(3)20-8-9-24(29-14-20)26(4,5)17-28)12-13-33(22)23(7-2)25-31-21(10-11-27)15-34(25)30-18-35/h7-9,14-15,18-19,22H,6,10,12-13,16H2,1-5H3,(H,30,35)/b23-7+. The first-order valence-electron chi connectivity index (χ1n) is 12.0. The highest BCUT2D eigenvalue weighted by Crippen LogP contribution is 2.30. The van der Waals surface area contributed by atoms with E-state index in [9.17, 15) is 10.1 Å². The molecular weight excluding hydrogens is 440 g/mol. The largest absolute Gasteiger partial charge is 0.363 e. The summed E-state index contributed by atoms with van der Waals surface area (Å²) in [5, 5.41) is 18.5. The van der Waals surface area contributed by atoms with Gasteiger partial charge in [-0.25, -0.2) is 9.66 Å². The van der Waals surface area contributed by atoms with E-state index in [4.69, 9.17) is 5.26 Å². The van der Waals surface area contributed by atoms with E-state index in [1.54, 1.807) is 10.9 Å². The van der Waals surface area contributed by atoms with E-state index in [0.29, 0.717) is 17.9 Å². The predicted molar refractivity (Wildman–Crippen MR) is 134 cm³/mol. The minimum absolute atomic E-state index is 0.179. The van der Waals surface area contributed by atoms with E-state index < -0.39 is 5.41 Å². The maximum atomic E-state index is 11.2. The Morgan fingerprint density at radius 1 is 1.34 bits per heavy atom. The van der Waals surface area contributed by atoms with Crippen molar-refractivity contribution in [1.82, 2.24) is 24.4 Å². The molecule has 2 aromatic heterocycles.